The van der Waals surface area contributed by atoms with Crippen molar-refractivity contribution < 1.29 is 28.8 Å². The van der Waals surface area contributed by atoms with Crippen LogP contribution in [0.4, 0.5) is 0 Å². The highest BCUT2D eigenvalue weighted by Gasteiger charge is 2.21. The molecule has 1 aromatic rings. The zero-order valence-electron chi connectivity index (χ0n) is 18.1. The molecule has 0 aliphatic carbocycles. The van der Waals surface area contributed by atoms with Crippen LogP contribution in [-0.2, 0) is 16.0 Å². The Kier molecular flexibility index (Phi) is 16.1. The highest BCUT2D eigenvalue weighted by atomic mass is 35.5. The fourth-order valence-corrected chi connectivity index (χ4v) is 3.28. The predicted molar refractivity (Wildman–Crippen MR) is 121 cm³/mol. The summed E-state index contributed by atoms with van der Waals surface area (Å²) >= 11 is 0. The monoisotopic (exact) mass is 470 g/mol. The first-order valence-corrected chi connectivity index (χ1v) is 9.72. The molecule has 8 nitrogen and oxygen atoms in total. The van der Waals surface area contributed by atoms with Crippen LogP contribution in [0.5, 0.6) is 17.2 Å². The smallest absolute Gasteiger partial charge is 0.203 e. The topological polar surface area (TPSA) is 72.9 Å². The van der Waals surface area contributed by atoms with Crippen LogP contribution >= 0.6 is 24.8 Å². The molecular weight excluding hydrogens is 435 g/mol. The minimum absolute atomic E-state index is 0. The third-order valence-corrected chi connectivity index (χ3v) is 4.80. The Balaban J connectivity index is 0.00000420. The van der Waals surface area contributed by atoms with Crippen LogP contribution in [0.1, 0.15) is 5.56 Å². The fraction of sp³-hybridized carbons (Fsp3) is 0.700. The van der Waals surface area contributed by atoms with E-state index in [4.69, 9.17) is 28.8 Å². The van der Waals surface area contributed by atoms with Crippen LogP contribution in [0.2, 0.25) is 0 Å². The van der Waals surface area contributed by atoms with Gasteiger partial charge in [-0.2, -0.15) is 0 Å². The number of aliphatic hydroxyl groups excluding tert-OH is 1. The first-order valence-electron chi connectivity index (χ1n) is 9.72. The Morgan fingerprint density at radius 2 is 1.37 bits per heavy atom. The molecule has 0 aromatic heterocycles. The summed E-state index contributed by atoms with van der Waals surface area (Å²) in [5.41, 5.74) is 1.10. The number of hydrogen-bond donors (Lipinski definition) is 1. The van der Waals surface area contributed by atoms with Crippen LogP contribution < -0.4 is 14.2 Å². The zero-order valence-corrected chi connectivity index (χ0v) is 19.8. The average molecular weight is 471 g/mol. The lowest BCUT2D eigenvalue weighted by Crippen LogP contribution is -2.46. The molecule has 0 bridgehead atoms. The summed E-state index contributed by atoms with van der Waals surface area (Å²) in [6.45, 7) is 7.99. The van der Waals surface area contributed by atoms with E-state index in [2.05, 4.69) is 9.80 Å². The predicted octanol–water partition coefficient (Wildman–Crippen LogP) is 1.70. The van der Waals surface area contributed by atoms with E-state index < -0.39 is 0 Å². The van der Waals surface area contributed by atoms with E-state index in [1.807, 2.05) is 12.1 Å². The molecule has 0 saturated carbocycles. The summed E-state index contributed by atoms with van der Waals surface area (Å²) in [6.07, 6.45) is 0. The van der Waals surface area contributed by atoms with Crippen molar-refractivity contribution in [1.29, 1.82) is 0 Å². The Morgan fingerprint density at radius 3 is 1.93 bits per heavy atom. The summed E-state index contributed by atoms with van der Waals surface area (Å²) in [6, 6.07) is 3.97. The Labute approximate surface area is 192 Å². The molecule has 1 aliphatic rings. The van der Waals surface area contributed by atoms with E-state index in [-0.39, 0.29) is 31.4 Å². The van der Waals surface area contributed by atoms with Crippen LogP contribution in [0.15, 0.2) is 12.1 Å². The number of nitrogens with zero attached hydrogens (tertiary/aromatic N) is 2. The highest BCUT2D eigenvalue weighted by Crippen LogP contribution is 2.40. The number of rotatable bonds is 13. The lowest BCUT2D eigenvalue weighted by Gasteiger charge is -2.35. The van der Waals surface area contributed by atoms with Gasteiger partial charge in [-0.3, -0.25) is 9.80 Å². The third-order valence-electron chi connectivity index (χ3n) is 4.80. The summed E-state index contributed by atoms with van der Waals surface area (Å²) < 4.78 is 27.2. The number of piperazine rings is 1. The molecule has 1 aliphatic heterocycles. The van der Waals surface area contributed by atoms with Crippen LogP contribution in [0.3, 0.4) is 0 Å². The maximum Gasteiger partial charge on any atom is 0.203 e. The van der Waals surface area contributed by atoms with Crippen molar-refractivity contribution >= 4 is 24.8 Å². The summed E-state index contributed by atoms with van der Waals surface area (Å²) in [7, 11) is 4.92. The molecule has 0 spiro atoms. The maximum absolute atomic E-state index is 8.64. The fourth-order valence-electron chi connectivity index (χ4n) is 3.28. The minimum Gasteiger partial charge on any atom is -0.493 e. The molecule has 176 valence electrons. The van der Waals surface area contributed by atoms with Crippen LogP contribution in [0.25, 0.3) is 0 Å². The maximum atomic E-state index is 8.64. The molecule has 1 fully saturated rings. The van der Waals surface area contributed by atoms with Gasteiger partial charge in [-0.15, -0.1) is 24.8 Å². The van der Waals surface area contributed by atoms with E-state index in [0.717, 1.165) is 50.6 Å². The normalized spacial score (nSPS) is 14.5. The van der Waals surface area contributed by atoms with Gasteiger partial charge in [0.15, 0.2) is 11.5 Å². The van der Waals surface area contributed by atoms with Gasteiger partial charge in [0.1, 0.15) is 0 Å². The molecule has 0 atom stereocenters. The van der Waals surface area contributed by atoms with E-state index >= 15 is 0 Å². The van der Waals surface area contributed by atoms with Crippen molar-refractivity contribution in [2.45, 2.75) is 6.54 Å². The molecule has 0 radical (unpaired) electrons. The molecule has 1 saturated heterocycles. The second kappa shape index (κ2) is 16.7. The number of methoxy groups -OCH3 is 3. The Morgan fingerprint density at radius 1 is 0.767 bits per heavy atom. The van der Waals surface area contributed by atoms with Crippen molar-refractivity contribution in [3.63, 3.8) is 0 Å². The molecular formula is C20H36Cl2N2O6. The Bertz CT molecular complexity index is 574. The number of aliphatic hydroxyl groups is 1. The van der Waals surface area contributed by atoms with Crippen LogP contribution in [0, 0.1) is 0 Å². The third kappa shape index (κ3) is 9.01. The zero-order chi connectivity index (χ0) is 20.2. The molecule has 1 aromatic carbocycles. The lowest BCUT2D eigenvalue weighted by molar-refractivity contribution is 0.0214. The molecule has 1 heterocycles. The molecule has 2 rings (SSSR count). The second-order valence-electron chi connectivity index (χ2n) is 6.56. The molecule has 1 N–H and O–H groups in total. The van der Waals surface area contributed by atoms with Crippen molar-refractivity contribution in [3.8, 4) is 17.2 Å². The van der Waals surface area contributed by atoms with Gasteiger partial charge in [0.2, 0.25) is 5.75 Å². The molecule has 0 amide bonds. The van der Waals surface area contributed by atoms with Crippen molar-refractivity contribution in [2.75, 3.05) is 87.1 Å². The first-order chi connectivity index (χ1) is 13.7. The van der Waals surface area contributed by atoms with Crippen molar-refractivity contribution in [2.24, 2.45) is 0 Å². The van der Waals surface area contributed by atoms with E-state index in [1.165, 1.54) is 0 Å². The number of benzene rings is 1. The number of halogens is 2. The van der Waals surface area contributed by atoms with Gasteiger partial charge in [-0.05, 0) is 6.07 Å². The van der Waals surface area contributed by atoms with Gasteiger partial charge in [0, 0.05) is 44.8 Å². The summed E-state index contributed by atoms with van der Waals surface area (Å²) in [5.74, 6) is 2.05. The number of ether oxygens (including phenoxy) is 5. The molecule has 10 heteroatoms. The van der Waals surface area contributed by atoms with Crippen molar-refractivity contribution in [3.05, 3.63) is 17.7 Å². The minimum atomic E-state index is 0. The lowest BCUT2D eigenvalue weighted by atomic mass is 10.1. The SMILES string of the molecule is COc1ccc(CN2CCN(CCOCCOCCO)CC2)c(OC)c1OC.Cl.Cl. The number of hydrogen-bond acceptors (Lipinski definition) is 8. The van der Waals surface area contributed by atoms with Gasteiger partial charge < -0.3 is 28.8 Å². The van der Waals surface area contributed by atoms with E-state index in [9.17, 15) is 0 Å². The van der Waals surface area contributed by atoms with Crippen molar-refractivity contribution in [1.82, 2.24) is 9.80 Å². The van der Waals surface area contributed by atoms with E-state index in [1.54, 1.807) is 21.3 Å². The van der Waals surface area contributed by atoms with Gasteiger partial charge in [-0.25, -0.2) is 0 Å². The molecule has 0 unspecified atom stereocenters. The van der Waals surface area contributed by atoms with Gasteiger partial charge in [0.05, 0.1) is 54.4 Å². The average Bonchev–Trinajstić information content (AvgIpc) is 2.73. The molecule has 30 heavy (non-hydrogen) atoms. The summed E-state index contributed by atoms with van der Waals surface area (Å²) in [5, 5.41) is 8.64. The van der Waals surface area contributed by atoms with Gasteiger partial charge in [0.25, 0.3) is 0 Å². The quantitative estimate of drug-likeness (QED) is 0.436. The Hall–Kier alpha value is -1.00. The summed E-state index contributed by atoms with van der Waals surface area (Å²) in [4.78, 5) is 4.83. The van der Waals surface area contributed by atoms with Crippen LogP contribution in [-0.4, -0.2) is 102 Å². The first kappa shape index (κ1) is 29.0. The highest BCUT2D eigenvalue weighted by molar-refractivity contribution is 5.85. The largest absolute Gasteiger partial charge is 0.493 e. The standard InChI is InChI=1S/C20H34N2O6.2ClH/c1-24-18-5-4-17(19(25-2)20(18)26-3)16-22-8-6-21(7-9-22)10-12-27-14-15-28-13-11-23;;/h4-5,23H,6-16H2,1-3H3;2*1H. The second-order valence-corrected chi connectivity index (χ2v) is 6.56. The van der Waals surface area contributed by atoms with Gasteiger partial charge >= 0.3 is 0 Å². The van der Waals surface area contributed by atoms with Gasteiger partial charge in [-0.1, -0.05) is 6.07 Å². The van der Waals surface area contributed by atoms with E-state index in [0.29, 0.717) is 37.9 Å².